The Morgan fingerprint density at radius 2 is 1.95 bits per heavy atom. The van der Waals surface area contributed by atoms with Crippen LogP contribution in [0.15, 0.2) is 27.1 Å². The number of nitrogens with one attached hydrogen (secondary N) is 1. The van der Waals surface area contributed by atoms with E-state index < -0.39 is 0 Å². The second kappa shape index (κ2) is 9.15. The molecule has 2 atom stereocenters. The van der Waals surface area contributed by atoms with E-state index in [9.17, 15) is 0 Å². The molecule has 1 nitrogen and oxygen atoms in total. The van der Waals surface area contributed by atoms with Crippen molar-refractivity contribution in [1.82, 2.24) is 5.32 Å². The Morgan fingerprint density at radius 3 is 2.53 bits per heavy atom. The van der Waals surface area contributed by atoms with Crippen molar-refractivity contribution in [3.63, 3.8) is 0 Å². The Kier molecular flexibility index (Phi) is 8.27. The van der Waals surface area contributed by atoms with E-state index in [1.807, 2.05) is 0 Å². The number of halogens is 2. The third-order valence-electron chi connectivity index (χ3n) is 3.79. The van der Waals surface area contributed by atoms with Gasteiger partial charge in [-0.2, -0.15) is 0 Å². The molecule has 0 amide bonds. The standard InChI is InChI=1S/C16H25Br2N/c1-4-6-7-12(5-2)10-16(19-3)14-11-13(17)8-9-15(14)18/h8-9,11-12,16,19H,4-7,10H2,1-3H3. The topological polar surface area (TPSA) is 12.0 Å². The molecule has 108 valence electrons. The van der Waals surface area contributed by atoms with Crippen molar-refractivity contribution in [3.05, 3.63) is 32.7 Å². The van der Waals surface area contributed by atoms with Gasteiger partial charge in [0, 0.05) is 15.0 Å². The average Bonchev–Trinajstić information content (AvgIpc) is 2.42. The van der Waals surface area contributed by atoms with Gasteiger partial charge in [0.15, 0.2) is 0 Å². The summed E-state index contributed by atoms with van der Waals surface area (Å²) in [7, 11) is 2.06. The molecule has 19 heavy (non-hydrogen) atoms. The van der Waals surface area contributed by atoms with Crippen LogP contribution in [0.5, 0.6) is 0 Å². The highest BCUT2D eigenvalue weighted by Gasteiger charge is 2.17. The lowest BCUT2D eigenvalue weighted by Crippen LogP contribution is -2.20. The zero-order valence-electron chi connectivity index (χ0n) is 12.2. The maximum absolute atomic E-state index is 3.68. The number of benzene rings is 1. The SMILES string of the molecule is CCCCC(CC)CC(NC)c1cc(Br)ccc1Br. The highest BCUT2D eigenvalue weighted by atomic mass is 79.9. The molecule has 1 N–H and O–H groups in total. The van der Waals surface area contributed by atoms with E-state index in [-0.39, 0.29) is 0 Å². The number of rotatable bonds is 8. The predicted octanol–water partition coefficient (Wildman–Crippen LogP) is 6.08. The number of hydrogen-bond donors (Lipinski definition) is 1. The molecule has 0 spiro atoms. The van der Waals surface area contributed by atoms with Gasteiger partial charge in [-0.05, 0) is 43.1 Å². The van der Waals surface area contributed by atoms with Gasteiger partial charge in [-0.1, -0.05) is 71.4 Å². The molecule has 0 heterocycles. The maximum Gasteiger partial charge on any atom is 0.0331 e. The van der Waals surface area contributed by atoms with Crippen LogP contribution < -0.4 is 5.32 Å². The molecule has 1 rings (SSSR count). The van der Waals surface area contributed by atoms with Crippen molar-refractivity contribution in [2.75, 3.05) is 7.05 Å². The molecule has 0 saturated carbocycles. The molecule has 0 aliphatic heterocycles. The summed E-state index contributed by atoms with van der Waals surface area (Å²) in [6.45, 7) is 4.58. The zero-order valence-corrected chi connectivity index (χ0v) is 15.4. The summed E-state index contributed by atoms with van der Waals surface area (Å²) in [6, 6.07) is 6.84. The minimum absolute atomic E-state index is 0.425. The molecule has 0 fully saturated rings. The molecule has 0 saturated heterocycles. The minimum Gasteiger partial charge on any atom is -0.313 e. The number of unbranched alkanes of at least 4 members (excludes halogenated alkanes) is 1. The first-order valence-corrected chi connectivity index (χ1v) is 8.83. The second-order valence-corrected chi connectivity index (χ2v) is 6.93. The van der Waals surface area contributed by atoms with Gasteiger partial charge in [-0.3, -0.25) is 0 Å². The van der Waals surface area contributed by atoms with Crippen LogP contribution in [0.25, 0.3) is 0 Å². The van der Waals surface area contributed by atoms with Gasteiger partial charge in [0.05, 0.1) is 0 Å². The Labute approximate surface area is 134 Å². The Balaban J connectivity index is 2.78. The van der Waals surface area contributed by atoms with E-state index in [4.69, 9.17) is 0 Å². The van der Waals surface area contributed by atoms with E-state index in [0.29, 0.717) is 6.04 Å². The van der Waals surface area contributed by atoms with Crippen molar-refractivity contribution >= 4 is 31.9 Å². The predicted molar refractivity (Wildman–Crippen MR) is 91.6 cm³/mol. The summed E-state index contributed by atoms with van der Waals surface area (Å²) in [6.07, 6.45) is 6.46. The minimum atomic E-state index is 0.425. The molecule has 0 radical (unpaired) electrons. The van der Waals surface area contributed by atoms with Gasteiger partial charge in [0.2, 0.25) is 0 Å². The lowest BCUT2D eigenvalue weighted by atomic mass is 9.89. The van der Waals surface area contributed by atoms with Gasteiger partial charge in [-0.25, -0.2) is 0 Å². The fraction of sp³-hybridized carbons (Fsp3) is 0.625. The third-order valence-corrected chi connectivity index (χ3v) is 5.01. The zero-order chi connectivity index (χ0) is 14.3. The highest BCUT2D eigenvalue weighted by molar-refractivity contribution is 9.11. The van der Waals surface area contributed by atoms with Crippen LogP contribution in [0.3, 0.4) is 0 Å². The summed E-state index contributed by atoms with van der Waals surface area (Å²) >= 11 is 7.25. The summed E-state index contributed by atoms with van der Waals surface area (Å²) in [5.74, 6) is 0.809. The fourth-order valence-electron chi connectivity index (χ4n) is 2.50. The molecular weight excluding hydrogens is 366 g/mol. The van der Waals surface area contributed by atoms with Crippen LogP contribution in [0.1, 0.15) is 57.6 Å². The van der Waals surface area contributed by atoms with Crippen LogP contribution in [0.4, 0.5) is 0 Å². The van der Waals surface area contributed by atoms with Crippen LogP contribution in [-0.2, 0) is 0 Å². The van der Waals surface area contributed by atoms with Gasteiger partial charge < -0.3 is 5.32 Å². The van der Waals surface area contributed by atoms with Gasteiger partial charge in [0.1, 0.15) is 0 Å². The Hall–Kier alpha value is 0.140. The van der Waals surface area contributed by atoms with E-state index in [2.05, 4.69) is 76.3 Å². The van der Waals surface area contributed by atoms with Crippen LogP contribution in [0.2, 0.25) is 0 Å². The van der Waals surface area contributed by atoms with Crippen LogP contribution >= 0.6 is 31.9 Å². The van der Waals surface area contributed by atoms with E-state index >= 15 is 0 Å². The van der Waals surface area contributed by atoms with E-state index in [1.54, 1.807) is 0 Å². The first-order chi connectivity index (χ1) is 9.12. The largest absolute Gasteiger partial charge is 0.313 e. The van der Waals surface area contributed by atoms with Gasteiger partial charge in [-0.15, -0.1) is 0 Å². The molecule has 0 aromatic heterocycles. The monoisotopic (exact) mass is 389 g/mol. The van der Waals surface area contributed by atoms with Crippen LogP contribution in [-0.4, -0.2) is 7.05 Å². The van der Waals surface area contributed by atoms with Crippen molar-refractivity contribution in [1.29, 1.82) is 0 Å². The molecule has 1 aromatic carbocycles. The van der Waals surface area contributed by atoms with Crippen LogP contribution in [0, 0.1) is 5.92 Å². The summed E-state index contributed by atoms with van der Waals surface area (Å²) in [5, 5.41) is 3.48. The normalized spacial score (nSPS) is 14.4. The quantitative estimate of drug-likeness (QED) is 0.567. The smallest absolute Gasteiger partial charge is 0.0331 e. The van der Waals surface area contributed by atoms with Gasteiger partial charge in [0.25, 0.3) is 0 Å². The first kappa shape index (κ1) is 17.2. The lowest BCUT2D eigenvalue weighted by molar-refractivity contribution is 0.364. The van der Waals surface area contributed by atoms with Crippen molar-refractivity contribution in [3.8, 4) is 0 Å². The maximum atomic E-state index is 3.68. The van der Waals surface area contributed by atoms with Crippen molar-refractivity contribution in [2.45, 2.75) is 52.0 Å². The van der Waals surface area contributed by atoms with Crippen molar-refractivity contribution in [2.24, 2.45) is 5.92 Å². The summed E-state index contributed by atoms with van der Waals surface area (Å²) < 4.78 is 2.34. The first-order valence-electron chi connectivity index (χ1n) is 7.24. The Morgan fingerprint density at radius 1 is 1.21 bits per heavy atom. The third kappa shape index (κ3) is 5.57. The Bertz CT molecular complexity index is 379. The lowest BCUT2D eigenvalue weighted by Gasteiger charge is -2.24. The number of hydrogen-bond acceptors (Lipinski definition) is 1. The molecule has 3 heteroatoms. The summed E-state index contributed by atoms with van der Waals surface area (Å²) in [5.41, 5.74) is 1.35. The molecule has 0 aliphatic rings. The van der Waals surface area contributed by atoms with Crippen molar-refractivity contribution < 1.29 is 0 Å². The van der Waals surface area contributed by atoms with Gasteiger partial charge >= 0.3 is 0 Å². The van der Waals surface area contributed by atoms with E-state index in [1.165, 1.54) is 42.1 Å². The molecule has 0 aliphatic carbocycles. The molecule has 2 unspecified atom stereocenters. The average molecular weight is 391 g/mol. The molecule has 0 bridgehead atoms. The fourth-order valence-corrected chi connectivity index (χ4v) is 3.40. The van der Waals surface area contributed by atoms with E-state index in [0.717, 1.165) is 10.4 Å². The molecule has 1 aromatic rings. The highest BCUT2D eigenvalue weighted by Crippen LogP contribution is 2.32. The summed E-state index contributed by atoms with van der Waals surface area (Å²) in [4.78, 5) is 0. The second-order valence-electron chi connectivity index (χ2n) is 5.16. The molecular formula is C16H25Br2N.